The van der Waals surface area contributed by atoms with Crippen molar-refractivity contribution in [3.05, 3.63) is 54.1 Å². The number of hydrogen-bond donors (Lipinski definition) is 1. The van der Waals surface area contributed by atoms with E-state index in [9.17, 15) is 4.80 Å². The van der Waals surface area contributed by atoms with Crippen LogP contribution in [0.5, 0.6) is 0 Å². The van der Waals surface area contributed by atoms with E-state index in [1.165, 1.54) is 16.3 Å². The van der Waals surface area contributed by atoms with Gasteiger partial charge in [0.25, 0.3) is 0 Å². The molecule has 2 rings (SSSR count). The molecule has 1 N–H and O–H groups in total. The zero-order chi connectivity index (χ0) is 12.8. The minimum absolute atomic E-state index is 0.835. The minimum atomic E-state index is -1.15. The fourth-order valence-electron chi connectivity index (χ4n) is 2.11. The third kappa shape index (κ3) is 3.31. The van der Waals surface area contributed by atoms with E-state index in [0.29, 0.717) is 0 Å². The summed E-state index contributed by atoms with van der Waals surface area (Å²) in [6.07, 6.45) is 5.33. The van der Waals surface area contributed by atoms with Gasteiger partial charge in [-0.3, -0.25) is 0 Å². The summed E-state index contributed by atoms with van der Waals surface area (Å²) in [4.78, 5) is 9.79. The van der Waals surface area contributed by atoms with Gasteiger partial charge < -0.3 is 4.80 Å². The predicted molar refractivity (Wildman–Crippen MR) is 80.9 cm³/mol. The molecule has 2 aromatic carbocycles. The molecule has 2 heteroatoms. The largest absolute Gasteiger partial charge is 0.431 e. The number of fused-ring (bicyclic) bond motifs is 1. The molecule has 2 aromatic rings. The van der Waals surface area contributed by atoms with Crippen LogP contribution in [0, 0.1) is 0 Å². The Morgan fingerprint density at radius 1 is 1.11 bits per heavy atom. The molecule has 93 valence electrons. The topological polar surface area (TPSA) is 20.2 Å². The first-order chi connectivity index (χ1) is 8.81. The standard InChI is InChI=1S/C16H19OSi/c1-2-12-18(17)13-6-10-15-9-5-8-14-7-3-4-11-16(14)15/h3-11,17H,2,12-13H2,1H3. The van der Waals surface area contributed by atoms with E-state index in [2.05, 4.69) is 61.5 Å². The molecule has 0 bridgehead atoms. The predicted octanol–water partition coefficient (Wildman–Crippen LogP) is 4.25. The van der Waals surface area contributed by atoms with Crippen LogP contribution < -0.4 is 0 Å². The smallest absolute Gasteiger partial charge is 0.210 e. The van der Waals surface area contributed by atoms with Crippen LogP contribution in [0.4, 0.5) is 0 Å². The van der Waals surface area contributed by atoms with Gasteiger partial charge in [0, 0.05) is 0 Å². The maximum atomic E-state index is 9.79. The van der Waals surface area contributed by atoms with Crippen LogP contribution in [-0.2, 0) is 0 Å². The molecule has 1 nitrogen and oxygen atoms in total. The van der Waals surface area contributed by atoms with Gasteiger partial charge in [-0.15, -0.1) is 0 Å². The number of rotatable bonds is 5. The monoisotopic (exact) mass is 255 g/mol. The number of benzene rings is 2. The van der Waals surface area contributed by atoms with Crippen molar-refractivity contribution in [2.24, 2.45) is 0 Å². The van der Waals surface area contributed by atoms with Crippen LogP contribution in [0.3, 0.4) is 0 Å². The highest BCUT2D eigenvalue weighted by atomic mass is 28.3. The van der Waals surface area contributed by atoms with Crippen molar-refractivity contribution in [2.75, 3.05) is 0 Å². The van der Waals surface area contributed by atoms with Crippen LogP contribution in [0.15, 0.2) is 48.5 Å². The van der Waals surface area contributed by atoms with Crippen LogP contribution in [0.1, 0.15) is 18.9 Å². The molecule has 0 heterocycles. The minimum Gasteiger partial charge on any atom is -0.431 e. The van der Waals surface area contributed by atoms with Crippen LogP contribution in [0.25, 0.3) is 16.8 Å². The van der Waals surface area contributed by atoms with Gasteiger partial charge in [0.15, 0.2) is 0 Å². The van der Waals surface area contributed by atoms with Gasteiger partial charge in [0.05, 0.1) is 0 Å². The summed E-state index contributed by atoms with van der Waals surface area (Å²) in [5.74, 6) is 0. The summed E-state index contributed by atoms with van der Waals surface area (Å²) >= 11 is 0. The van der Waals surface area contributed by atoms with Crippen molar-refractivity contribution in [3.63, 3.8) is 0 Å². The molecule has 0 aliphatic carbocycles. The average molecular weight is 255 g/mol. The lowest BCUT2D eigenvalue weighted by Crippen LogP contribution is -2.08. The van der Waals surface area contributed by atoms with Gasteiger partial charge in [-0.05, 0) is 28.4 Å². The zero-order valence-corrected chi connectivity index (χ0v) is 11.8. The summed E-state index contributed by atoms with van der Waals surface area (Å²) in [5, 5.41) is 2.54. The molecular formula is C16H19OSi. The van der Waals surface area contributed by atoms with Crippen LogP contribution in [0.2, 0.25) is 12.1 Å². The maximum absolute atomic E-state index is 9.79. The Balaban J connectivity index is 2.14. The van der Waals surface area contributed by atoms with Crippen molar-refractivity contribution in [1.29, 1.82) is 0 Å². The average Bonchev–Trinajstić information content (AvgIpc) is 2.39. The summed E-state index contributed by atoms with van der Waals surface area (Å²) in [6.45, 7) is 2.12. The summed E-state index contributed by atoms with van der Waals surface area (Å²) in [7, 11) is -1.15. The van der Waals surface area contributed by atoms with E-state index in [0.717, 1.165) is 18.5 Å². The lowest BCUT2D eigenvalue weighted by atomic mass is 10.0. The molecular weight excluding hydrogens is 236 g/mol. The highest BCUT2D eigenvalue weighted by molar-refractivity contribution is 6.50. The van der Waals surface area contributed by atoms with Gasteiger partial charge in [-0.1, -0.05) is 68.0 Å². The second-order valence-electron chi connectivity index (χ2n) is 4.49. The van der Waals surface area contributed by atoms with Crippen LogP contribution >= 0.6 is 0 Å². The first-order valence-electron chi connectivity index (χ1n) is 6.49. The Kier molecular flexibility index (Phi) is 4.73. The lowest BCUT2D eigenvalue weighted by Gasteiger charge is -2.03. The lowest BCUT2D eigenvalue weighted by molar-refractivity contribution is 0.569. The third-order valence-electron chi connectivity index (χ3n) is 3.01. The van der Waals surface area contributed by atoms with Crippen molar-refractivity contribution in [2.45, 2.75) is 25.4 Å². The highest BCUT2D eigenvalue weighted by Gasteiger charge is 2.03. The van der Waals surface area contributed by atoms with Gasteiger partial charge >= 0.3 is 0 Å². The zero-order valence-electron chi connectivity index (χ0n) is 10.8. The summed E-state index contributed by atoms with van der Waals surface area (Å²) in [5.41, 5.74) is 1.24. The first kappa shape index (κ1) is 13.1. The summed E-state index contributed by atoms with van der Waals surface area (Å²) < 4.78 is 0. The quantitative estimate of drug-likeness (QED) is 0.792. The van der Waals surface area contributed by atoms with Crippen molar-refractivity contribution in [1.82, 2.24) is 0 Å². The van der Waals surface area contributed by atoms with E-state index in [1.54, 1.807) is 0 Å². The normalized spacial score (nSPS) is 11.7. The molecule has 0 amide bonds. The maximum Gasteiger partial charge on any atom is 0.210 e. The SMILES string of the molecule is CCC[Si](O)CC=Cc1cccc2ccccc12. The fourth-order valence-corrected chi connectivity index (χ4v) is 3.28. The third-order valence-corrected chi connectivity index (χ3v) is 4.80. The molecule has 0 aliphatic rings. The molecule has 0 aliphatic heterocycles. The highest BCUT2D eigenvalue weighted by Crippen LogP contribution is 2.19. The number of hydrogen-bond acceptors (Lipinski definition) is 1. The molecule has 0 saturated carbocycles. The Labute approximate surface area is 111 Å². The molecule has 0 fully saturated rings. The molecule has 0 aromatic heterocycles. The molecule has 18 heavy (non-hydrogen) atoms. The van der Waals surface area contributed by atoms with Crippen molar-refractivity contribution >= 4 is 25.9 Å². The first-order valence-corrected chi connectivity index (χ1v) is 8.35. The van der Waals surface area contributed by atoms with E-state index in [-0.39, 0.29) is 0 Å². The second-order valence-corrected chi connectivity index (χ2v) is 6.53. The van der Waals surface area contributed by atoms with E-state index >= 15 is 0 Å². The fraction of sp³-hybridized carbons (Fsp3) is 0.250. The van der Waals surface area contributed by atoms with Crippen molar-refractivity contribution in [3.8, 4) is 0 Å². The van der Waals surface area contributed by atoms with E-state index in [1.807, 2.05) is 0 Å². The van der Waals surface area contributed by atoms with Crippen LogP contribution in [-0.4, -0.2) is 13.8 Å². The van der Waals surface area contributed by atoms with Gasteiger partial charge in [0.2, 0.25) is 9.04 Å². The Morgan fingerprint density at radius 2 is 1.89 bits per heavy atom. The second kappa shape index (κ2) is 6.52. The van der Waals surface area contributed by atoms with Gasteiger partial charge in [-0.2, -0.15) is 0 Å². The molecule has 1 radical (unpaired) electrons. The van der Waals surface area contributed by atoms with E-state index < -0.39 is 9.04 Å². The van der Waals surface area contributed by atoms with Gasteiger partial charge in [0.1, 0.15) is 0 Å². The Morgan fingerprint density at radius 3 is 2.72 bits per heavy atom. The molecule has 0 saturated heterocycles. The number of allylic oxidation sites excluding steroid dienone is 1. The van der Waals surface area contributed by atoms with E-state index in [4.69, 9.17) is 0 Å². The molecule has 0 unspecified atom stereocenters. The molecule has 0 spiro atoms. The van der Waals surface area contributed by atoms with Crippen molar-refractivity contribution < 1.29 is 4.80 Å². The van der Waals surface area contributed by atoms with Gasteiger partial charge in [-0.25, -0.2) is 0 Å². The Hall–Kier alpha value is -1.38. The molecule has 0 atom stereocenters. The Bertz CT molecular complexity index is 528. The summed E-state index contributed by atoms with van der Waals surface area (Å²) in [6, 6.07) is 16.6.